The van der Waals surface area contributed by atoms with E-state index in [4.69, 9.17) is 10.2 Å². The molecule has 0 amide bonds. The summed E-state index contributed by atoms with van der Waals surface area (Å²) in [5.74, 6) is -3.05. The summed E-state index contributed by atoms with van der Waals surface area (Å²) < 4.78 is 0. The molecular weight excluding hydrogens is 271 g/mol. The Morgan fingerprint density at radius 2 is 1.63 bits per heavy atom. The molecule has 106 valence electrons. The van der Waals surface area contributed by atoms with Gasteiger partial charge in [0.25, 0.3) is 0 Å². The number of allylic oxidation sites excluding steroid dienone is 1. The van der Waals surface area contributed by atoms with Crippen molar-refractivity contribution in [2.45, 2.75) is 58.3 Å². The number of rotatable bonds is 11. The first kappa shape index (κ1) is 21.6. The van der Waals surface area contributed by atoms with Crippen molar-refractivity contribution in [1.29, 1.82) is 0 Å². The van der Waals surface area contributed by atoms with Gasteiger partial charge < -0.3 is 10.2 Å². The molecule has 0 aliphatic rings. The van der Waals surface area contributed by atoms with Gasteiger partial charge in [0.1, 0.15) is 0 Å². The second kappa shape index (κ2) is 14.7. The van der Waals surface area contributed by atoms with Crippen molar-refractivity contribution in [2.75, 3.05) is 0 Å². The summed E-state index contributed by atoms with van der Waals surface area (Å²) in [6.45, 7) is 2.18. The van der Waals surface area contributed by atoms with Gasteiger partial charge in [0, 0.05) is 0 Å². The topological polar surface area (TPSA) is 74.6 Å². The van der Waals surface area contributed by atoms with E-state index in [0.29, 0.717) is 0 Å². The van der Waals surface area contributed by atoms with Gasteiger partial charge in [0.2, 0.25) is 0 Å². The molecule has 4 nitrogen and oxygen atoms in total. The summed E-state index contributed by atoms with van der Waals surface area (Å²) in [5, 5.41) is 17.4. The Kier molecular flexibility index (Phi) is 16.7. The summed E-state index contributed by atoms with van der Waals surface area (Å²) in [4.78, 5) is 21.2. The molecule has 0 fully saturated rings. The Morgan fingerprint density at radius 1 is 1.05 bits per heavy atom. The van der Waals surface area contributed by atoms with E-state index >= 15 is 0 Å². The average molecular weight is 296 g/mol. The summed E-state index contributed by atoms with van der Waals surface area (Å²) in [6.07, 6.45) is 11.0. The Hall–Kier alpha value is 0.316. The Balaban J connectivity index is 0. The third kappa shape index (κ3) is 14.5. The Labute approximate surface area is 158 Å². The van der Waals surface area contributed by atoms with Gasteiger partial charge in [-0.05, 0) is 12.8 Å². The maximum atomic E-state index is 10.8. The fraction of sp³-hybridized carbons (Fsp3) is 0.714. The molecule has 2 N–H and O–H groups in total. The zero-order valence-electron chi connectivity index (χ0n) is 11.1. The molecule has 0 saturated carbocycles. The molecule has 0 radical (unpaired) electrons. The van der Waals surface area contributed by atoms with Crippen LogP contribution in [0, 0.1) is 5.92 Å². The van der Waals surface area contributed by atoms with Crippen LogP contribution in [0.2, 0.25) is 0 Å². The average Bonchev–Trinajstić information content (AvgIpc) is 2.30. The fourth-order valence-electron chi connectivity index (χ4n) is 1.73. The van der Waals surface area contributed by atoms with E-state index in [0.717, 1.165) is 19.3 Å². The van der Waals surface area contributed by atoms with Crippen LogP contribution in [0.4, 0.5) is 0 Å². The standard InChI is InChI=1S/C14H24O4.K.H/c1-2-3-4-5-6-7-8-9-10-12(14(17)18)11-13(15)16;;/h9-10,12H,2-8,11H2,1H3,(H,15,16)(H,17,18);;. The maximum absolute atomic E-state index is 10.8. The Morgan fingerprint density at radius 3 is 2.16 bits per heavy atom. The first-order valence-corrected chi connectivity index (χ1v) is 6.69. The zero-order valence-corrected chi connectivity index (χ0v) is 11.1. The summed E-state index contributed by atoms with van der Waals surface area (Å²) in [7, 11) is 0. The van der Waals surface area contributed by atoms with E-state index in [1.54, 1.807) is 6.08 Å². The van der Waals surface area contributed by atoms with Gasteiger partial charge in [-0.1, -0.05) is 51.2 Å². The molecule has 0 aliphatic carbocycles. The van der Waals surface area contributed by atoms with Crippen LogP contribution in [0.25, 0.3) is 0 Å². The number of hydrogen-bond donors (Lipinski definition) is 2. The van der Waals surface area contributed by atoms with Gasteiger partial charge in [-0.2, -0.15) is 0 Å². The number of carboxylic acids is 2. The first-order valence-electron chi connectivity index (χ1n) is 6.69. The van der Waals surface area contributed by atoms with Crippen LogP contribution in [0.5, 0.6) is 0 Å². The number of unbranched alkanes of at least 4 members (excludes halogenated alkanes) is 6. The molecule has 1 atom stereocenters. The third-order valence-corrected chi connectivity index (χ3v) is 2.80. The van der Waals surface area contributed by atoms with Crippen LogP contribution < -0.4 is 0 Å². The quantitative estimate of drug-likeness (QED) is 0.349. The molecule has 1 unspecified atom stereocenters. The number of carboxylic acid groups (broad SMARTS) is 2. The van der Waals surface area contributed by atoms with Crippen molar-refractivity contribution in [3.8, 4) is 0 Å². The van der Waals surface area contributed by atoms with Crippen molar-refractivity contribution in [2.24, 2.45) is 5.92 Å². The summed E-state index contributed by atoms with van der Waals surface area (Å²) in [6, 6.07) is 0. The van der Waals surface area contributed by atoms with Gasteiger partial charge in [-0.25, -0.2) is 0 Å². The first-order chi connectivity index (χ1) is 8.57. The second-order valence-electron chi connectivity index (χ2n) is 4.53. The van der Waals surface area contributed by atoms with E-state index in [-0.39, 0.29) is 57.8 Å². The van der Waals surface area contributed by atoms with Crippen LogP contribution in [0.1, 0.15) is 58.3 Å². The molecule has 0 heterocycles. The summed E-state index contributed by atoms with van der Waals surface area (Å²) in [5.41, 5.74) is 0. The zero-order chi connectivity index (χ0) is 13.8. The van der Waals surface area contributed by atoms with E-state index in [9.17, 15) is 9.59 Å². The number of hydrogen-bond acceptors (Lipinski definition) is 2. The molecule has 5 heteroatoms. The molecule has 0 aromatic carbocycles. The molecule has 0 spiro atoms. The van der Waals surface area contributed by atoms with E-state index < -0.39 is 17.9 Å². The van der Waals surface area contributed by atoms with Crippen molar-refractivity contribution < 1.29 is 19.8 Å². The SMILES string of the molecule is CCCCCCCCC=CC(CC(=O)O)C(=O)O.[KH]. The second-order valence-corrected chi connectivity index (χ2v) is 4.53. The molecule has 19 heavy (non-hydrogen) atoms. The predicted octanol–water partition coefficient (Wildman–Crippen LogP) is 2.82. The van der Waals surface area contributed by atoms with Gasteiger partial charge in [0.15, 0.2) is 0 Å². The van der Waals surface area contributed by atoms with Crippen molar-refractivity contribution in [3.63, 3.8) is 0 Å². The van der Waals surface area contributed by atoms with Gasteiger partial charge in [-0.3, -0.25) is 9.59 Å². The van der Waals surface area contributed by atoms with Gasteiger partial charge in [0.05, 0.1) is 12.3 Å². The molecule has 0 saturated heterocycles. The minimum absolute atomic E-state index is 0. The number of carbonyl (C=O) groups is 2. The fourth-order valence-corrected chi connectivity index (χ4v) is 1.73. The molecular formula is C14H25KO4. The van der Waals surface area contributed by atoms with E-state index in [1.165, 1.54) is 31.8 Å². The Bertz CT molecular complexity index is 277. The van der Waals surface area contributed by atoms with Gasteiger partial charge in [-0.15, -0.1) is 0 Å². The number of aliphatic carboxylic acids is 2. The van der Waals surface area contributed by atoms with Gasteiger partial charge >= 0.3 is 63.3 Å². The third-order valence-electron chi connectivity index (χ3n) is 2.80. The molecule has 0 bridgehead atoms. The molecule has 0 rings (SSSR count). The predicted molar refractivity (Wildman–Crippen MR) is 77.7 cm³/mol. The normalized spacial score (nSPS) is 12.1. The van der Waals surface area contributed by atoms with Crippen LogP contribution >= 0.6 is 0 Å². The molecule has 0 aromatic heterocycles. The van der Waals surface area contributed by atoms with Crippen LogP contribution in [-0.4, -0.2) is 73.5 Å². The van der Waals surface area contributed by atoms with E-state index in [1.807, 2.05) is 0 Å². The van der Waals surface area contributed by atoms with Crippen molar-refractivity contribution in [3.05, 3.63) is 12.2 Å². The monoisotopic (exact) mass is 296 g/mol. The van der Waals surface area contributed by atoms with Crippen molar-refractivity contribution >= 4 is 63.3 Å². The van der Waals surface area contributed by atoms with Crippen LogP contribution in [0.3, 0.4) is 0 Å². The molecule has 0 aromatic rings. The van der Waals surface area contributed by atoms with E-state index in [2.05, 4.69) is 6.92 Å². The van der Waals surface area contributed by atoms with Crippen LogP contribution in [0.15, 0.2) is 12.2 Å². The summed E-state index contributed by atoms with van der Waals surface area (Å²) >= 11 is 0. The van der Waals surface area contributed by atoms with Crippen LogP contribution in [-0.2, 0) is 9.59 Å². The minimum atomic E-state index is -1.08. The molecule has 0 aliphatic heterocycles. The van der Waals surface area contributed by atoms with Crippen molar-refractivity contribution in [1.82, 2.24) is 0 Å².